The fourth-order valence-corrected chi connectivity index (χ4v) is 3.86. The second-order valence-electron chi connectivity index (χ2n) is 8.21. The van der Waals surface area contributed by atoms with Crippen molar-refractivity contribution in [1.82, 2.24) is 19.9 Å². The molecular weight excluding hydrogens is 460 g/mol. The van der Waals surface area contributed by atoms with E-state index in [4.69, 9.17) is 9.47 Å². The number of rotatable bonds is 7. The van der Waals surface area contributed by atoms with Crippen molar-refractivity contribution in [1.29, 1.82) is 0 Å². The predicted molar refractivity (Wildman–Crippen MR) is 124 cm³/mol. The third kappa shape index (κ3) is 5.80. The lowest BCUT2D eigenvalue weighted by atomic mass is 9.87. The molecule has 2 N–H and O–H groups in total. The van der Waals surface area contributed by atoms with E-state index in [0.29, 0.717) is 28.9 Å². The quantitative estimate of drug-likeness (QED) is 0.528. The number of methoxy groups -OCH3 is 1. The number of nitrogens with zero attached hydrogens (tertiary/aromatic N) is 3. The number of likely N-dealkylation sites (tertiary alicyclic amines) is 1. The predicted octanol–water partition coefficient (Wildman–Crippen LogP) is 3.42. The average molecular weight is 485 g/mol. The van der Waals surface area contributed by atoms with Crippen LogP contribution in [-0.4, -0.2) is 57.9 Å². The molecule has 0 aromatic carbocycles. The molecule has 9 nitrogen and oxygen atoms in total. The normalized spacial score (nSPS) is 18.5. The molecule has 3 aromatic heterocycles. The summed E-state index contributed by atoms with van der Waals surface area (Å²) in [6.45, 7) is 1.70. The lowest BCUT2D eigenvalue weighted by Crippen LogP contribution is -2.52. The summed E-state index contributed by atoms with van der Waals surface area (Å²) in [5.74, 6) is -3.00. The molecule has 0 spiro atoms. The third-order valence-corrected chi connectivity index (χ3v) is 5.91. The highest BCUT2D eigenvalue weighted by molar-refractivity contribution is 5.93. The van der Waals surface area contributed by atoms with Gasteiger partial charge in [0.1, 0.15) is 11.6 Å². The van der Waals surface area contributed by atoms with Crippen molar-refractivity contribution in [3.8, 4) is 17.5 Å². The van der Waals surface area contributed by atoms with E-state index in [1.165, 1.54) is 31.6 Å². The Morgan fingerprint density at radius 1 is 1.23 bits per heavy atom. The fourth-order valence-electron chi connectivity index (χ4n) is 3.86. The second kappa shape index (κ2) is 10.2. The highest BCUT2D eigenvalue weighted by Gasteiger charge is 2.46. The Kier molecular flexibility index (Phi) is 7.06. The molecule has 1 amide bonds. The van der Waals surface area contributed by atoms with Gasteiger partial charge < -0.3 is 19.8 Å². The van der Waals surface area contributed by atoms with E-state index in [0.717, 1.165) is 0 Å². The van der Waals surface area contributed by atoms with Gasteiger partial charge >= 0.3 is 0 Å². The van der Waals surface area contributed by atoms with Gasteiger partial charge in [-0.15, -0.1) is 0 Å². The zero-order chi connectivity index (χ0) is 25.0. The summed E-state index contributed by atoms with van der Waals surface area (Å²) in [4.78, 5) is 36.6. The number of hydrogen-bond acceptors (Lipinski definition) is 7. The van der Waals surface area contributed by atoms with Crippen LogP contribution in [0.2, 0.25) is 0 Å². The van der Waals surface area contributed by atoms with E-state index in [2.05, 4.69) is 20.3 Å². The van der Waals surface area contributed by atoms with E-state index in [1.54, 1.807) is 42.2 Å². The smallest absolute Gasteiger partial charge is 0.257 e. The first kappa shape index (κ1) is 24.3. The van der Waals surface area contributed by atoms with Gasteiger partial charge in [-0.05, 0) is 24.6 Å². The highest BCUT2D eigenvalue weighted by Crippen LogP contribution is 2.40. The molecule has 0 saturated carbocycles. The van der Waals surface area contributed by atoms with Crippen molar-refractivity contribution in [3.63, 3.8) is 0 Å². The van der Waals surface area contributed by atoms with E-state index >= 15 is 0 Å². The molecular formula is C24H25F2N5O4. The zero-order valence-corrected chi connectivity index (χ0v) is 19.2. The minimum Gasteiger partial charge on any atom is -0.481 e. The standard InChI is InChI=1S/C24H25F2N5O4/c1-15(31-11-10-24(25,26)18(14-31)16-6-9-20(32)28-12-16)23(33)29-19-8-7-17(13-27-19)35-22-5-3-4-21(30-22)34-2/h3-9,12-13,15,18H,10-11,14H2,1-2H3,(H,28,32)(H,27,29,33). The molecule has 2 atom stereocenters. The van der Waals surface area contributed by atoms with Gasteiger partial charge in [0.25, 0.3) is 5.92 Å². The molecule has 1 aliphatic rings. The summed E-state index contributed by atoms with van der Waals surface area (Å²) in [6.07, 6.45) is 2.36. The van der Waals surface area contributed by atoms with Crippen LogP contribution in [0, 0.1) is 0 Å². The topological polar surface area (TPSA) is 109 Å². The Labute approximate surface area is 200 Å². The number of amides is 1. The molecule has 1 fully saturated rings. The molecule has 1 aliphatic heterocycles. The molecule has 1 saturated heterocycles. The minimum absolute atomic E-state index is 0.0264. The van der Waals surface area contributed by atoms with Crippen LogP contribution in [0.25, 0.3) is 0 Å². The Morgan fingerprint density at radius 2 is 2.03 bits per heavy atom. The SMILES string of the molecule is COc1cccc(Oc2ccc(NC(=O)C(C)N3CCC(F)(F)C(c4ccc(=O)[nH]c4)C3)nc2)n1. The number of aromatic nitrogens is 3. The summed E-state index contributed by atoms with van der Waals surface area (Å²) < 4.78 is 39.9. The van der Waals surface area contributed by atoms with Crippen LogP contribution in [0.3, 0.4) is 0 Å². The van der Waals surface area contributed by atoms with Gasteiger partial charge in [0.15, 0.2) is 0 Å². The molecule has 4 heterocycles. The summed E-state index contributed by atoms with van der Waals surface area (Å²) in [7, 11) is 1.51. The maximum absolute atomic E-state index is 14.6. The summed E-state index contributed by atoms with van der Waals surface area (Å²) >= 11 is 0. The molecule has 4 rings (SSSR count). The van der Waals surface area contributed by atoms with Crippen LogP contribution < -0.4 is 20.3 Å². The number of pyridine rings is 3. The number of halogens is 2. The van der Waals surface area contributed by atoms with Crippen molar-refractivity contribution in [3.05, 3.63) is 70.8 Å². The number of ether oxygens (including phenoxy) is 2. The van der Waals surface area contributed by atoms with E-state index in [-0.39, 0.29) is 24.6 Å². The molecule has 11 heteroatoms. The van der Waals surface area contributed by atoms with E-state index in [9.17, 15) is 18.4 Å². The summed E-state index contributed by atoms with van der Waals surface area (Å²) in [5, 5.41) is 2.71. The van der Waals surface area contributed by atoms with Crippen LogP contribution in [-0.2, 0) is 4.79 Å². The van der Waals surface area contributed by atoms with Crippen LogP contribution in [0.15, 0.2) is 59.7 Å². The molecule has 2 unspecified atom stereocenters. The zero-order valence-electron chi connectivity index (χ0n) is 19.2. The van der Waals surface area contributed by atoms with Crippen LogP contribution >= 0.6 is 0 Å². The Hall–Kier alpha value is -3.86. The number of aromatic amines is 1. The van der Waals surface area contributed by atoms with E-state index in [1.807, 2.05) is 0 Å². The maximum atomic E-state index is 14.6. The molecule has 0 aliphatic carbocycles. The lowest BCUT2D eigenvalue weighted by molar-refractivity contribution is -0.125. The minimum atomic E-state index is -2.94. The first-order chi connectivity index (χ1) is 16.7. The largest absolute Gasteiger partial charge is 0.481 e. The number of alkyl halides is 2. The number of nitrogens with one attached hydrogen (secondary N) is 2. The van der Waals surface area contributed by atoms with Crippen LogP contribution in [0.4, 0.5) is 14.6 Å². The number of hydrogen-bond donors (Lipinski definition) is 2. The van der Waals surface area contributed by atoms with Gasteiger partial charge in [-0.1, -0.05) is 12.1 Å². The number of carbonyl (C=O) groups excluding carboxylic acids is 1. The van der Waals surface area contributed by atoms with Crippen molar-refractivity contribution >= 4 is 11.7 Å². The first-order valence-electron chi connectivity index (χ1n) is 11.0. The van der Waals surface area contributed by atoms with Gasteiger partial charge in [0.2, 0.25) is 23.2 Å². The second-order valence-corrected chi connectivity index (χ2v) is 8.21. The summed E-state index contributed by atoms with van der Waals surface area (Å²) in [5.41, 5.74) is -0.0316. The highest BCUT2D eigenvalue weighted by atomic mass is 19.3. The molecule has 0 bridgehead atoms. The number of piperidine rings is 1. The molecule has 35 heavy (non-hydrogen) atoms. The monoisotopic (exact) mass is 485 g/mol. The fraction of sp³-hybridized carbons (Fsp3) is 0.333. The van der Waals surface area contributed by atoms with Gasteiger partial charge in [0, 0.05) is 43.9 Å². The van der Waals surface area contributed by atoms with Gasteiger partial charge in [-0.2, -0.15) is 4.98 Å². The van der Waals surface area contributed by atoms with Gasteiger partial charge in [-0.25, -0.2) is 13.8 Å². The molecule has 0 radical (unpaired) electrons. The van der Waals surface area contributed by atoms with Crippen LogP contribution in [0.1, 0.15) is 24.8 Å². The third-order valence-electron chi connectivity index (χ3n) is 5.91. The van der Waals surface area contributed by atoms with Gasteiger partial charge in [0.05, 0.1) is 25.3 Å². The lowest BCUT2D eigenvalue weighted by Gasteiger charge is -2.40. The maximum Gasteiger partial charge on any atom is 0.257 e. The average Bonchev–Trinajstić information content (AvgIpc) is 2.85. The van der Waals surface area contributed by atoms with E-state index < -0.39 is 24.3 Å². The van der Waals surface area contributed by atoms with Crippen molar-refractivity contribution in [2.45, 2.75) is 31.2 Å². The Balaban J connectivity index is 1.38. The molecule has 3 aromatic rings. The Morgan fingerprint density at radius 3 is 2.71 bits per heavy atom. The van der Waals surface area contributed by atoms with Crippen molar-refractivity contribution in [2.75, 3.05) is 25.5 Å². The van der Waals surface area contributed by atoms with Crippen LogP contribution in [0.5, 0.6) is 17.5 Å². The van der Waals surface area contributed by atoms with Gasteiger partial charge in [-0.3, -0.25) is 14.5 Å². The number of anilines is 1. The number of H-pyrrole nitrogens is 1. The van der Waals surface area contributed by atoms with Crippen molar-refractivity contribution in [2.24, 2.45) is 0 Å². The Bertz CT molecular complexity index is 1210. The van der Waals surface area contributed by atoms with Crippen molar-refractivity contribution < 1.29 is 23.0 Å². The first-order valence-corrected chi connectivity index (χ1v) is 11.0. The number of carbonyl (C=O) groups is 1. The molecule has 184 valence electrons. The summed E-state index contributed by atoms with van der Waals surface area (Å²) in [6, 6.07) is 10.3.